The van der Waals surface area contributed by atoms with E-state index in [1.54, 1.807) is 54.6 Å². The van der Waals surface area contributed by atoms with E-state index in [2.05, 4.69) is 6.92 Å². The van der Waals surface area contributed by atoms with Crippen LogP contribution >= 0.6 is 0 Å². The molecule has 34 heavy (non-hydrogen) atoms. The van der Waals surface area contributed by atoms with Gasteiger partial charge >= 0.3 is 11.9 Å². The topological polar surface area (TPSA) is 52.6 Å². The van der Waals surface area contributed by atoms with Crippen LogP contribution in [-0.4, -0.2) is 11.9 Å². The van der Waals surface area contributed by atoms with Crippen LogP contribution in [-0.2, 0) is 4.79 Å². The summed E-state index contributed by atoms with van der Waals surface area (Å²) in [4.78, 5) is 25.4. The van der Waals surface area contributed by atoms with Crippen molar-refractivity contribution >= 4 is 11.9 Å². The fourth-order valence-corrected chi connectivity index (χ4v) is 4.57. The summed E-state index contributed by atoms with van der Waals surface area (Å²) in [6.07, 6.45) is 6.36. The minimum Gasteiger partial charge on any atom is -0.426 e. The summed E-state index contributed by atoms with van der Waals surface area (Å²) in [5, 5.41) is 0. The molecule has 3 aromatic rings. The second kappa shape index (κ2) is 11.1. The highest BCUT2D eigenvalue weighted by Gasteiger charge is 2.27. The van der Waals surface area contributed by atoms with Gasteiger partial charge in [0.1, 0.15) is 17.3 Å². The lowest BCUT2D eigenvalue weighted by Gasteiger charge is -2.26. The van der Waals surface area contributed by atoms with Crippen LogP contribution in [0, 0.1) is 17.7 Å². The predicted octanol–water partition coefficient (Wildman–Crippen LogP) is 7.22. The molecule has 0 atom stereocenters. The third-order valence-electron chi connectivity index (χ3n) is 6.43. The molecule has 4 nitrogen and oxygen atoms in total. The summed E-state index contributed by atoms with van der Waals surface area (Å²) in [5.41, 5.74) is 1.76. The number of carbonyl (C=O) groups is 2. The van der Waals surface area contributed by atoms with Crippen LogP contribution < -0.4 is 9.47 Å². The van der Waals surface area contributed by atoms with E-state index in [0.29, 0.717) is 22.6 Å². The fourth-order valence-electron chi connectivity index (χ4n) is 4.57. The van der Waals surface area contributed by atoms with Gasteiger partial charge in [0.25, 0.3) is 0 Å². The monoisotopic (exact) mass is 460 g/mol. The third-order valence-corrected chi connectivity index (χ3v) is 6.43. The lowest BCUT2D eigenvalue weighted by Crippen LogP contribution is -2.25. The van der Waals surface area contributed by atoms with Gasteiger partial charge in [0, 0.05) is 0 Å². The number of hydrogen-bond acceptors (Lipinski definition) is 4. The van der Waals surface area contributed by atoms with E-state index < -0.39 is 5.97 Å². The molecule has 1 aliphatic carbocycles. The first-order valence-corrected chi connectivity index (χ1v) is 11.9. The number of esters is 2. The summed E-state index contributed by atoms with van der Waals surface area (Å²) in [6, 6.07) is 19.5. The quantitative estimate of drug-likeness (QED) is 0.276. The maximum Gasteiger partial charge on any atom is 0.344 e. The van der Waals surface area contributed by atoms with Gasteiger partial charge in [-0.25, -0.2) is 9.18 Å². The molecular weight excluding hydrogens is 431 g/mol. The Morgan fingerprint density at radius 3 is 2.09 bits per heavy atom. The maximum atomic E-state index is 13.3. The van der Waals surface area contributed by atoms with Gasteiger partial charge in [0.05, 0.1) is 11.5 Å². The normalized spacial score (nSPS) is 17.7. The molecule has 3 aromatic carbocycles. The molecule has 1 aliphatic rings. The molecule has 0 N–H and O–H groups in total. The number of benzene rings is 3. The van der Waals surface area contributed by atoms with E-state index in [1.165, 1.54) is 25.0 Å². The molecule has 176 valence electrons. The molecule has 1 fully saturated rings. The van der Waals surface area contributed by atoms with Crippen molar-refractivity contribution in [2.45, 2.75) is 45.4 Å². The van der Waals surface area contributed by atoms with E-state index >= 15 is 0 Å². The molecule has 5 heteroatoms. The number of hydrogen-bond donors (Lipinski definition) is 0. The lowest BCUT2D eigenvalue weighted by molar-refractivity contribution is -0.140. The van der Waals surface area contributed by atoms with Crippen LogP contribution in [0.5, 0.6) is 11.5 Å². The van der Waals surface area contributed by atoms with Crippen molar-refractivity contribution in [2.75, 3.05) is 0 Å². The Labute approximate surface area is 199 Å². The Kier molecular flexibility index (Phi) is 7.73. The Morgan fingerprint density at radius 2 is 1.44 bits per heavy atom. The van der Waals surface area contributed by atoms with Crippen molar-refractivity contribution in [3.8, 4) is 22.6 Å². The van der Waals surface area contributed by atoms with Gasteiger partial charge in [-0.05, 0) is 85.2 Å². The Hall–Kier alpha value is -3.47. The SMILES string of the molecule is CCCC1CCC(C(=O)Oc2ccc(OC(=O)c3ccccc3-c3ccc(F)cc3)cc2)CC1. The van der Waals surface area contributed by atoms with Crippen LogP contribution in [0.4, 0.5) is 4.39 Å². The van der Waals surface area contributed by atoms with Crippen molar-refractivity contribution in [1.82, 2.24) is 0 Å². The van der Waals surface area contributed by atoms with Gasteiger partial charge in [-0.15, -0.1) is 0 Å². The van der Waals surface area contributed by atoms with Gasteiger partial charge in [0.15, 0.2) is 0 Å². The third kappa shape index (κ3) is 5.90. The van der Waals surface area contributed by atoms with E-state index in [0.717, 1.165) is 37.2 Å². The highest BCUT2D eigenvalue weighted by Crippen LogP contribution is 2.33. The average Bonchev–Trinajstić information content (AvgIpc) is 2.86. The number of carbonyl (C=O) groups excluding carboxylic acids is 2. The minimum absolute atomic E-state index is 0.0476. The second-order valence-electron chi connectivity index (χ2n) is 8.84. The summed E-state index contributed by atoms with van der Waals surface area (Å²) in [7, 11) is 0. The second-order valence-corrected chi connectivity index (χ2v) is 8.84. The van der Waals surface area contributed by atoms with Crippen molar-refractivity contribution in [3.63, 3.8) is 0 Å². The Morgan fingerprint density at radius 1 is 0.824 bits per heavy atom. The molecule has 0 aliphatic heterocycles. The molecular formula is C29H29FO4. The van der Waals surface area contributed by atoms with Crippen LogP contribution in [0.1, 0.15) is 55.8 Å². The smallest absolute Gasteiger partial charge is 0.344 e. The summed E-state index contributed by atoms with van der Waals surface area (Å²) >= 11 is 0. The molecule has 0 bridgehead atoms. The van der Waals surface area contributed by atoms with E-state index in [9.17, 15) is 14.0 Å². The van der Waals surface area contributed by atoms with Gasteiger partial charge in [-0.2, -0.15) is 0 Å². The average molecular weight is 461 g/mol. The van der Waals surface area contributed by atoms with Crippen LogP contribution in [0.25, 0.3) is 11.1 Å². The van der Waals surface area contributed by atoms with Crippen molar-refractivity contribution < 1.29 is 23.5 Å². The van der Waals surface area contributed by atoms with Gasteiger partial charge < -0.3 is 9.47 Å². The first-order chi connectivity index (χ1) is 16.5. The van der Waals surface area contributed by atoms with Gasteiger partial charge in [0.2, 0.25) is 0 Å². The number of rotatable bonds is 7. The van der Waals surface area contributed by atoms with E-state index in [1.807, 2.05) is 6.07 Å². The zero-order chi connectivity index (χ0) is 23.9. The van der Waals surface area contributed by atoms with Crippen LogP contribution in [0.3, 0.4) is 0 Å². The molecule has 0 amide bonds. The van der Waals surface area contributed by atoms with E-state index in [-0.39, 0.29) is 17.7 Å². The van der Waals surface area contributed by atoms with Gasteiger partial charge in [-0.1, -0.05) is 50.1 Å². The lowest BCUT2D eigenvalue weighted by atomic mass is 9.80. The summed E-state index contributed by atoms with van der Waals surface area (Å²) in [6.45, 7) is 2.20. The molecule has 4 rings (SSSR count). The van der Waals surface area contributed by atoms with Gasteiger partial charge in [-0.3, -0.25) is 4.79 Å². The Bertz CT molecular complexity index is 1110. The summed E-state index contributed by atoms with van der Waals surface area (Å²) in [5.74, 6) is 0.422. The number of ether oxygens (including phenoxy) is 2. The van der Waals surface area contributed by atoms with Crippen molar-refractivity contribution in [2.24, 2.45) is 11.8 Å². The number of halogens is 1. The zero-order valence-corrected chi connectivity index (χ0v) is 19.3. The first-order valence-electron chi connectivity index (χ1n) is 11.9. The van der Waals surface area contributed by atoms with Crippen molar-refractivity contribution in [1.29, 1.82) is 0 Å². The molecule has 0 aromatic heterocycles. The zero-order valence-electron chi connectivity index (χ0n) is 19.3. The summed E-state index contributed by atoms with van der Waals surface area (Å²) < 4.78 is 24.4. The van der Waals surface area contributed by atoms with Crippen LogP contribution in [0.15, 0.2) is 72.8 Å². The molecule has 0 saturated heterocycles. The molecule has 0 spiro atoms. The fraction of sp³-hybridized carbons (Fsp3) is 0.310. The molecule has 0 unspecified atom stereocenters. The first kappa shape index (κ1) is 23.7. The van der Waals surface area contributed by atoms with E-state index in [4.69, 9.17) is 9.47 Å². The standard InChI is InChI=1S/C29H29FO4/c1-2-5-20-8-10-22(11-9-20)28(31)33-24-16-18-25(19-17-24)34-29(32)27-7-4-3-6-26(27)21-12-14-23(30)15-13-21/h3-4,6-7,12-20,22H,2,5,8-11H2,1H3. The minimum atomic E-state index is -0.520. The highest BCUT2D eigenvalue weighted by molar-refractivity contribution is 5.98. The highest BCUT2D eigenvalue weighted by atomic mass is 19.1. The maximum absolute atomic E-state index is 13.3. The largest absolute Gasteiger partial charge is 0.426 e. The molecule has 0 heterocycles. The van der Waals surface area contributed by atoms with Crippen molar-refractivity contribution in [3.05, 3.63) is 84.2 Å². The van der Waals surface area contributed by atoms with Crippen LogP contribution in [0.2, 0.25) is 0 Å². The predicted molar refractivity (Wildman–Crippen MR) is 129 cm³/mol. The Balaban J connectivity index is 1.37. The molecule has 0 radical (unpaired) electrons. The molecule has 1 saturated carbocycles.